The summed E-state index contributed by atoms with van der Waals surface area (Å²) in [5.74, 6) is -1.93. The largest absolute Gasteiger partial charge is 0.481 e. The number of hydrogen-bond donors (Lipinski definition) is 2. The van der Waals surface area contributed by atoms with Crippen molar-refractivity contribution in [2.75, 3.05) is 12.3 Å². The van der Waals surface area contributed by atoms with Crippen LogP contribution < -0.4 is 5.73 Å². The van der Waals surface area contributed by atoms with Crippen LogP contribution in [-0.4, -0.2) is 37.0 Å². The van der Waals surface area contributed by atoms with Crippen LogP contribution in [0.25, 0.3) is 0 Å². The van der Waals surface area contributed by atoms with Crippen LogP contribution >= 0.6 is 11.6 Å². The molecule has 0 bridgehead atoms. The lowest BCUT2D eigenvalue weighted by Crippen LogP contribution is -2.32. The van der Waals surface area contributed by atoms with Crippen molar-refractivity contribution in [3.63, 3.8) is 0 Å². The molecule has 1 aliphatic carbocycles. The number of aliphatic carboxylic acids is 1. The van der Waals surface area contributed by atoms with E-state index in [4.69, 9.17) is 17.3 Å². The fraction of sp³-hybridized carbons (Fsp3) is 0.462. The average molecular weight is 318 g/mol. The number of nitrogens with two attached hydrogens (primary N) is 1. The van der Waals surface area contributed by atoms with Gasteiger partial charge in [0.05, 0.1) is 5.25 Å². The lowest BCUT2D eigenvalue weighted by atomic mass is 9.99. The van der Waals surface area contributed by atoms with Gasteiger partial charge in [-0.15, -0.1) is 0 Å². The van der Waals surface area contributed by atoms with E-state index in [1.807, 2.05) is 0 Å². The first-order valence-corrected chi connectivity index (χ1v) is 8.31. The van der Waals surface area contributed by atoms with Crippen LogP contribution in [-0.2, 0) is 14.6 Å². The SMILES string of the molecule is CCS(=O)(=O)[C@@H]1[C@H](c2cccc(Cl)c2)[C@]1(CN)C(=O)O. The molecule has 0 unspecified atom stereocenters. The van der Waals surface area contributed by atoms with E-state index in [0.717, 1.165) is 0 Å². The molecule has 20 heavy (non-hydrogen) atoms. The molecule has 2 rings (SSSR count). The second kappa shape index (κ2) is 5.02. The molecule has 1 aliphatic rings. The highest BCUT2D eigenvalue weighted by molar-refractivity contribution is 7.92. The molecule has 0 spiro atoms. The zero-order valence-corrected chi connectivity index (χ0v) is 12.5. The Kier molecular flexibility index (Phi) is 3.83. The number of sulfone groups is 1. The van der Waals surface area contributed by atoms with Crippen LogP contribution in [0.5, 0.6) is 0 Å². The van der Waals surface area contributed by atoms with Crippen LogP contribution in [0, 0.1) is 5.41 Å². The molecule has 110 valence electrons. The minimum atomic E-state index is -3.50. The van der Waals surface area contributed by atoms with Crippen LogP contribution in [0.4, 0.5) is 0 Å². The first kappa shape index (κ1) is 15.3. The summed E-state index contributed by atoms with van der Waals surface area (Å²) < 4.78 is 24.3. The summed E-state index contributed by atoms with van der Waals surface area (Å²) >= 11 is 5.90. The molecule has 0 heterocycles. The van der Waals surface area contributed by atoms with Crippen molar-refractivity contribution in [3.8, 4) is 0 Å². The monoisotopic (exact) mass is 317 g/mol. The van der Waals surface area contributed by atoms with Gasteiger partial charge in [-0.1, -0.05) is 30.7 Å². The van der Waals surface area contributed by atoms with Crippen molar-refractivity contribution in [1.29, 1.82) is 0 Å². The van der Waals surface area contributed by atoms with Crippen molar-refractivity contribution in [2.24, 2.45) is 11.1 Å². The standard InChI is InChI=1S/C13H16ClNO4S/c1-2-20(18,19)11-10(13(11,7-15)12(16)17)8-4-3-5-9(14)6-8/h3-6,10-11H,2,7,15H2,1H3,(H,16,17)/t10-,11+,13-/m0/s1. The molecule has 0 radical (unpaired) electrons. The first-order valence-electron chi connectivity index (χ1n) is 6.21. The molecule has 0 aliphatic heterocycles. The lowest BCUT2D eigenvalue weighted by Gasteiger charge is -2.09. The maximum Gasteiger partial charge on any atom is 0.312 e. The van der Waals surface area contributed by atoms with Gasteiger partial charge in [0, 0.05) is 23.2 Å². The Balaban J connectivity index is 2.54. The Hall–Kier alpha value is -1.11. The average Bonchev–Trinajstić information content (AvgIpc) is 3.10. The van der Waals surface area contributed by atoms with Crippen LogP contribution in [0.3, 0.4) is 0 Å². The number of halogens is 1. The summed E-state index contributed by atoms with van der Waals surface area (Å²) in [6.45, 7) is 1.29. The van der Waals surface area contributed by atoms with Gasteiger partial charge in [-0.05, 0) is 17.7 Å². The van der Waals surface area contributed by atoms with Gasteiger partial charge in [0.1, 0.15) is 5.41 Å². The highest BCUT2D eigenvalue weighted by Gasteiger charge is 2.74. The van der Waals surface area contributed by atoms with Gasteiger partial charge < -0.3 is 10.8 Å². The molecule has 1 aromatic carbocycles. The number of carboxylic acid groups (broad SMARTS) is 1. The topological polar surface area (TPSA) is 97.5 Å². The van der Waals surface area contributed by atoms with E-state index in [1.165, 1.54) is 6.92 Å². The molecule has 1 aromatic rings. The maximum atomic E-state index is 12.2. The fourth-order valence-electron chi connectivity index (χ4n) is 2.87. The molecule has 0 saturated heterocycles. The van der Waals surface area contributed by atoms with Gasteiger partial charge in [-0.3, -0.25) is 4.79 Å². The molecule has 1 fully saturated rings. The van der Waals surface area contributed by atoms with E-state index in [2.05, 4.69) is 0 Å². The summed E-state index contributed by atoms with van der Waals surface area (Å²) in [4.78, 5) is 11.6. The van der Waals surface area contributed by atoms with Gasteiger partial charge in [0.25, 0.3) is 0 Å². The summed E-state index contributed by atoms with van der Waals surface area (Å²) in [7, 11) is -3.50. The molecule has 0 aromatic heterocycles. The lowest BCUT2D eigenvalue weighted by molar-refractivity contribution is -0.143. The third kappa shape index (κ3) is 2.12. The van der Waals surface area contributed by atoms with E-state index in [9.17, 15) is 18.3 Å². The number of rotatable bonds is 5. The number of carbonyl (C=O) groups is 1. The first-order chi connectivity index (χ1) is 9.31. The van der Waals surface area contributed by atoms with E-state index < -0.39 is 32.4 Å². The second-order valence-corrected chi connectivity index (χ2v) is 7.80. The smallest absolute Gasteiger partial charge is 0.312 e. The van der Waals surface area contributed by atoms with Crippen molar-refractivity contribution in [1.82, 2.24) is 0 Å². The van der Waals surface area contributed by atoms with E-state index >= 15 is 0 Å². The Morgan fingerprint density at radius 1 is 1.50 bits per heavy atom. The van der Waals surface area contributed by atoms with Crippen molar-refractivity contribution < 1.29 is 18.3 Å². The van der Waals surface area contributed by atoms with Gasteiger partial charge in [-0.25, -0.2) is 8.42 Å². The van der Waals surface area contributed by atoms with E-state index in [0.29, 0.717) is 10.6 Å². The zero-order valence-electron chi connectivity index (χ0n) is 10.9. The van der Waals surface area contributed by atoms with E-state index in [-0.39, 0.29) is 12.3 Å². The third-order valence-electron chi connectivity index (χ3n) is 3.99. The predicted molar refractivity (Wildman–Crippen MR) is 76.6 cm³/mol. The van der Waals surface area contributed by atoms with Gasteiger partial charge in [0.2, 0.25) is 0 Å². The molecule has 0 amide bonds. The number of benzene rings is 1. The van der Waals surface area contributed by atoms with Gasteiger partial charge >= 0.3 is 5.97 Å². The fourth-order valence-corrected chi connectivity index (χ4v) is 5.15. The van der Waals surface area contributed by atoms with Crippen LogP contribution in [0.1, 0.15) is 18.4 Å². The Labute approximate surface area is 122 Å². The predicted octanol–water partition coefficient (Wildman–Crippen LogP) is 1.27. The molecule has 3 atom stereocenters. The minimum Gasteiger partial charge on any atom is -0.481 e. The van der Waals surface area contributed by atoms with Gasteiger partial charge in [-0.2, -0.15) is 0 Å². The van der Waals surface area contributed by atoms with Crippen molar-refractivity contribution >= 4 is 27.4 Å². The number of hydrogen-bond acceptors (Lipinski definition) is 4. The highest BCUT2D eigenvalue weighted by Crippen LogP contribution is 2.62. The van der Waals surface area contributed by atoms with E-state index in [1.54, 1.807) is 24.3 Å². The minimum absolute atomic E-state index is 0.107. The van der Waals surface area contributed by atoms with Crippen molar-refractivity contribution in [3.05, 3.63) is 34.9 Å². The van der Waals surface area contributed by atoms with Crippen LogP contribution in [0.15, 0.2) is 24.3 Å². The Bertz CT molecular complexity index is 646. The molecular weight excluding hydrogens is 302 g/mol. The van der Waals surface area contributed by atoms with Crippen molar-refractivity contribution in [2.45, 2.75) is 18.1 Å². The summed E-state index contributed by atoms with van der Waals surface area (Å²) in [6, 6.07) is 6.62. The third-order valence-corrected chi connectivity index (χ3v) is 6.50. The molecule has 1 saturated carbocycles. The molecular formula is C13H16ClNO4S. The van der Waals surface area contributed by atoms with Crippen LogP contribution in [0.2, 0.25) is 5.02 Å². The molecule has 3 N–H and O–H groups in total. The molecule has 5 nitrogen and oxygen atoms in total. The maximum absolute atomic E-state index is 12.2. The Morgan fingerprint density at radius 3 is 2.60 bits per heavy atom. The quantitative estimate of drug-likeness (QED) is 0.852. The second-order valence-electron chi connectivity index (χ2n) is 4.95. The summed E-state index contributed by atoms with van der Waals surface area (Å²) in [5, 5.41) is 8.91. The Morgan fingerprint density at radius 2 is 2.15 bits per heavy atom. The summed E-state index contributed by atoms with van der Waals surface area (Å²) in [6.07, 6.45) is 0. The normalized spacial score (nSPS) is 29.1. The zero-order chi connectivity index (χ0) is 15.1. The van der Waals surface area contributed by atoms with Gasteiger partial charge in [0.15, 0.2) is 9.84 Å². The number of carboxylic acids is 1. The molecule has 7 heteroatoms. The summed E-state index contributed by atoms with van der Waals surface area (Å²) in [5.41, 5.74) is 4.76. The highest BCUT2D eigenvalue weighted by atomic mass is 35.5.